The van der Waals surface area contributed by atoms with Gasteiger partial charge >= 0.3 is 0 Å². The van der Waals surface area contributed by atoms with Crippen molar-refractivity contribution in [2.45, 2.75) is 57.7 Å². The van der Waals surface area contributed by atoms with Gasteiger partial charge in [-0.3, -0.25) is 9.59 Å². The SMILES string of the molecule is COc1ccc(CN(C(=O)c2ccc(-c3ccccc3)[nH]2)[C@@H](C(=O)NC2CCCCC2)c2ccc(C)o2)cc1. The van der Waals surface area contributed by atoms with Crippen molar-refractivity contribution in [3.05, 3.63) is 102 Å². The summed E-state index contributed by atoms with van der Waals surface area (Å²) < 4.78 is 11.3. The molecule has 1 fully saturated rings. The first-order valence-electron chi connectivity index (χ1n) is 13.6. The zero-order valence-electron chi connectivity index (χ0n) is 22.5. The van der Waals surface area contributed by atoms with Crippen LogP contribution in [0, 0.1) is 6.92 Å². The first-order chi connectivity index (χ1) is 19.0. The number of H-pyrrole nitrogens is 1. The molecule has 1 aliphatic rings. The number of ether oxygens (including phenoxy) is 1. The van der Waals surface area contributed by atoms with Crippen LogP contribution in [0.25, 0.3) is 11.3 Å². The van der Waals surface area contributed by atoms with Gasteiger partial charge in [0.05, 0.1) is 7.11 Å². The highest BCUT2D eigenvalue weighted by atomic mass is 16.5. The van der Waals surface area contributed by atoms with Crippen LogP contribution >= 0.6 is 0 Å². The number of hydrogen-bond donors (Lipinski definition) is 2. The average molecular weight is 526 g/mol. The summed E-state index contributed by atoms with van der Waals surface area (Å²) in [6.45, 7) is 2.05. The molecule has 1 atom stereocenters. The molecule has 4 aromatic rings. The predicted molar refractivity (Wildman–Crippen MR) is 150 cm³/mol. The predicted octanol–water partition coefficient (Wildman–Crippen LogP) is 6.42. The van der Waals surface area contributed by atoms with Crippen LogP contribution < -0.4 is 10.1 Å². The Hall–Kier alpha value is -4.26. The van der Waals surface area contributed by atoms with E-state index < -0.39 is 6.04 Å². The smallest absolute Gasteiger partial charge is 0.271 e. The van der Waals surface area contributed by atoms with E-state index >= 15 is 0 Å². The Morgan fingerprint density at radius 3 is 2.38 bits per heavy atom. The van der Waals surface area contributed by atoms with Crippen LogP contribution in [-0.4, -0.2) is 34.8 Å². The van der Waals surface area contributed by atoms with Gasteiger partial charge in [-0.25, -0.2) is 0 Å². The molecule has 1 aliphatic carbocycles. The number of hydrogen-bond acceptors (Lipinski definition) is 4. The van der Waals surface area contributed by atoms with E-state index in [1.54, 1.807) is 24.1 Å². The number of nitrogens with zero attached hydrogens (tertiary/aromatic N) is 1. The Morgan fingerprint density at radius 1 is 0.974 bits per heavy atom. The van der Waals surface area contributed by atoms with Gasteiger partial charge in [-0.2, -0.15) is 0 Å². The number of nitrogens with one attached hydrogen (secondary N) is 2. The molecule has 5 rings (SSSR count). The average Bonchev–Trinajstić information content (AvgIpc) is 3.63. The molecular weight excluding hydrogens is 490 g/mol. The molecule has 0 unspecified atom stereocenters. The first kappa shape index (κ1) is 26.4. The summed E-state index contributed by atoms with van der Waals surface area (Å²) >= 11 is 0. The fraction of sp³-hybridized carbons (Fsp3) is 0.312. The van der Waals surface area contributed by atoms with Crippen LogP contribution in [0.1, 0.15) is 65.7 Å². The lowest BCUT2D eigenvalue weighted by Gasteiger charge is -2.32. The molecule has 2 aromatic heterocycles. The van der Waals surface area contributed by atoms with E-state index in [1.807, 2.05) is 73.7 Å². The third-order valence-corrected chi connectivity index (χ3v) is 7.32. The summed E-state index contributed by atoms with van der Waals surface area (Å²) in [6.07, 6.45) is 5.26. The molecule has 0 spiro atoms. The summed E-state index contributed by atoms with van der Waals surface area (Å²) in [5, 5.41) is 3.23. The number of aromatic amines is 1. The molecule has 2 N–H and O–H groups in total. The van der Waals surface area contributed by atoms with E-state index in [2.05, 4.69) is 10.3 Å². The molecule has 0 bridgehead atoms. The molecule has 2 amide bonds. The summed E-state index contributed by atoms with van der Waals surface area (Å²) in [5.41, 5.74) is 3.09. The first-order valence-corrected chi connectivity index (χ1v) is 13.6. The van der Waals surface area contributed by atoms with Crippen LogP contribution in [0.2, 0.25) is 0 Å². The number of methoxy groups -OCH3 is 1. The van der Waals surface area contributed by atoms with E-state index in [1.165, 1.54) is 6.42 Å². The van der Waals surface area contributed by atoms with Crippen molar-refractivity contribution in [3.8, 4) is 17.0 Å². The maximum absolute atomic E-state index is 14.2. The summed E-state index contributed by atoms with van der Waals surface area (Å²) in [5.74, 6) is 1.33. The standard InChI is InChI=1S/C32H35N3O4/c1-22-13-20-29(39-22)30(31(36)33-25-11-7-4-8-12-25)35(21-23-14-16-26(38-2)17-15-23)32(37)28-19-18-27(34-28)24-9-5-3-6-10-24/h3,5-6,9-10,13-20,25,30,34H,4,7-8,11-12,21H2,1-2H3,(H,33,36)/t30-/m1/s1. The molecule has 202 valence electrons. The molecule has 7 heteroatoms. The van der Waals surface area contributed by atoms with Crippen LogP contribution in [0.5, 0.6) is 5.75 Å². The van der Waals surface area contributed by atoms with Gasteiger partial charge in [0.15, 0.2) is 6.04 Å². The van der Waals surface area contributed by atoms with Crippen LogP contribution in [0.4, 0.5) is 0 Å². The number of aryl methyl sites for hydroxylation is 1. The number of benzene rings is 2. The second-order valence-electron chi connectivity index (χ2n) is 10.1. The fourth-order valence-electron chi connectivity index (χ4n) is 5.22. The van der Waals surface area contributed by atoms with E-state index in [4.69, 9.17) is 9.15 Å². The molecule has 0 aliphatic heterocycles. The lowest BCUT2D eigenvalue weighted by Crippen LogP contribution is -2.46. The zero-order valence-corrected chi connectivity index (χ0v) is 22.5. The number of carbonyl (C=O) groups is 2. The number of aromatic nitrogens is 1. The number of carbonyl (C=O) groups excluding carboxylic acids is 2. The van der Waals surface area contributed by atoms with Crippen molar-refractivity contribution in [1.82, 2.24) is 15.2 Å². The molecule has 0 saturated heterocycles. The number of rotatable bonds is 9. The van der Waals surface area contributed by atoms with Gasteiger partial charge in [-0.1, -0.05) is 61.7 Å². The maximum atomic E-state index is 14.2. The quantitative estimate of drug-likeness (QED) is 0.264. The minimum atomic E-state index is -0.932. The van der Waals surface area contributed by atoms with Gasteiger partial charge in [0.2, 0.25) is 0 Å². The molecule has 0 radical (unpaired) electrons. The minimum Gasteiger partial charge on any atom is -0.497 e. The van der Waals surface area contributed by atoms with Crippen LogP contribution in [-0.2, 0) is 11.3 Å². The minimum absolute atomic E-state index is 0.0953. The lowest BCUT2D eigenvalue weighted by atomic mass is 9.95. The Bertz CT molecular complexity index is 1380. The highest BCUT2D eigenvalue weighted by Gasteiger charge is 2.36. The van der Waals surface area contributed by atoms with Crippen molar-refractivity contribution in [2.75, 3.05) is 7.11 Å². The van der Waals surface area contributed by atoms with Crippen molar-refractivity contribution in [2.24, 2.45) is 0 Å². The van der Waals surface area contributed by atoms with E-state index in [0.717, 1.165) is 48.3 Å². The van der Waals surface area contributed by atoms with Crippen molar-refractivity contribution in [1.29, 1.82) is 0 Å². The normalized spacial score (nSPS) is 14.5. The van der Waals surface area contributed by atoms with Gasteiger partial charge in [0.25, 0.3) is 11.8 Å². The van der Waals surface area contributed by atoms with Gasteiger partial charge in [-0.05, 0) is 67.3 Å². The van der Waals surface area contributed by atoms with Gasteiger partial charge in [0, 0.05) is 18.3 Å². The van der Waals surface area contributed by atoms with Crippen LogP contribution in [0.3, 0.4) is 0 Å². The third kappa shape index (κ3) is 6.25. The number of amides is 2. The van der Waals surface area contributed by atoms with E-state index in [9.17, 15) is 9.59 Å². The lowest BCUT2D eigenvalue weighted by molar-refractivity contribution is -0.127. The summed E-state index contributed by atoms with van der Waals surface area (Å²) in [4.78, 5) is 33.0. The second kappa shape index (κ2) is 12.1. The summed E-state index contributed by atoms with van der Waals surface area (Å²) in [7, 11) is 1.62. The molecule has 7 nitrogen and oxygen atoms in total. The monoisotopic (exact) mass is 525 g/mol. The highest BCUT2D eigenvalue weighted by Crippen LogP contribution is 2.30. The number of furan rings is 1. The third-order valence-electron chi connectivity index (χ3n) is 7.32. The van der Waals surface area contributed by atoms with Crippen molar-refractivity contribution in [3.63, 3.8) is 0 Å². The molecule has 1 saturated carbocycles. The van der Waals surface area contributed by atoms with Gasteiger partial charge in [-0.15, -0.1) is 0 Å². The zero-order chi connectivity index (χ0) is 27.2. The molecule has 39 heavy (non-hydrogen) atoms. The Balaban J connectivity index is 1.51. The van der Waals surface area contributed by atoms with Crippen molar-refractivity contribution < 1.29 is 18.7 Å². The highest BCUT2D eigenvalue weighted by molar-refractivity contribution is 5.97. The topological polar surface area (TPSA) is 87.6 Å². The van der Waals surface area contributed by atoms with E-state index in [0.29, 0.717) is 17.2 Å². The molecular formula is C32H35N3O4. The fourth-order valence-corrected chi connectivity index (χ4v) is 5.22. The van der Waals surface area contributed by atoms with Crippen LogP contribution in [0.15, 0.2) is 83.3 Å². The van der Waals surface area contributed by atoms with E-state index in [-0.39, 0.29) is 24.4 Å². The summed E-state index contributed by atoms with van der Waals surface area (Å²) in [6, 6.07) is 23.8. The molecule has 2 heterocycles. The second-order valence-corrected chi connectivity index (χ2v) is 10.1. The Kier molecular flexibility index (Phi) is 8.16. The van der Waals surface area contributed by atoms with Gasteiger partial charge < -0.3 is 24.4 Å². The van der Waals surface area contributed by atoms with Gasteiger partial charge in [0.1, 0.15) is 23.0 Å². The Morgan fingerprint density at radius 2 is 1.72 bits per heavy atom. The maximum Gasteiger partial charge on any atom is 0.271 e. The largest absolute Gasteiger partial charge is 0.497 e. The van der Waals surface area contributed by atoms with Crippen molar-refractivity contribution >= 4 is 11.8 Å². The Labute approximate surface area is 229 Å². The molecule has 2 aromatic carbocycles.